The maximum atomic E-state index is 12.3. The standard InChI is InChI=1S/C8H9F2NO3/c1-14-8-6(7(9)10)5(13)2-4(3-12)11-8/h2,7,12H,3H2,1H3,(H,11,13). The number of aliphatic hydroxyl groups excluding tert-OH is 1. The molecule has 0 radical (unpaired) electrons. The van der Waals surface area contributed by atoms with E-state index in [-0.39, 0.29) is 11.6 Å². The average Bonchev–Trinajstić information content (AvgIpc) is 2.15. The molecule has 0 aromatic carbocycles. The van der Waals surface area contributed by atoms with Crippen LogP contribution in [0.25, 0.3) is 0 Å². The van der Waals surface area contributed by atoms with Crippen LogP contribution in [0.15, 0.2) is 10.9 Å². The van der Waals surface area contributed by atoms with Gasteiger partial charge in [-0.05, 0) is 0 Å². The first kappa shape index (κ1) is 10.6. The Morgan fingerprint density at radius 1 is 1.64 bits per heavy atom. The zero-order valence-corrected chi connectivity index (χ0v) is 7.38. The Morgan fingerprint density at radius 3 is 2.71 bits per heavy atom. The van der Waals surface area contributed by atoms with E-state index in [1.54, 1.807) is 0 Å². The van der Waals surface area contributed by atoms with Gasteiger partial charge in [-0.25, -0.2) is 8.78 Å². The highest BCUT2D eigenvalue weighted by Crippen LogP contribution is 2.23. The van der Waals surface area contributed by atoms with Gasteiger partial charge in [0.25, 0.3) is 6.43 Å². The van der Waals surface area contributed by atoms with Gasteiger partial charge in [0.1, 0.15) is 5.56 Å². The number of pyridine rings is 1. The van der Waals surface area contributed by atoms with Gasteiger partial charge in [0.05, 0.1) is 13.7 Å². The number of hydrogen-bond donors (Lipinski definition) is 2. The van der Waals surface area contributed by atoms with Crippen LogP contribution >= 0.6 is 0 Å². The molecule has 0 fully saturated rings. The number of alkyl halides is 2. The van der Waals surface area contributed by atoms with E-state index in [1.165, 1.54) is 0 Å². The third kappa shape index (κ3) is 1.90. The molecule has 4 nitrogen and oxygen atoms in total. The van der Waals surface area contributed by atoms with Crippen LogP contribution in [-0.2, 0) is 6.61 Å². The Hall–Kier alpha value is -1.43. The Bertz CT molecular complexity index is 375. The van der Waals surface area contributed by atoms with E-state index in [0.717, 1.165) is 13.2 Å². The Labute approximate surface area is 78.1 Å². The normalized spacial score (nSPS) is 10.6. The van der Waals surface area contributed by atoms with Crippen LogP contribution in [0.5, 0.6) is 5.88 Å². The largest absolute Gasteiger partial charge is 0.482 e. The molecule has 1 aromatic rings. The van der Waals surface area contributed by atoms with Crippen molar-refractivity contribution in [3.8, 4) is 5.88 Å². The second-order valence-corrected chi connectivity index (χ2v) is 2.56. The van der Waals surface area contributed by atoms with Crippen molar-refractivity contribution in [2.45, 2.75) is 13.0 Å². The van der Waals surface area contributed by atoms with Gasteiger partial charge in [0.2, 0.25) is 5.88 Å². The number of hydrogen-bond acceptors (Lipinski definition) is 3. The van der Waals surface area contributed by atoms with E-state index in [0.29, 0.717) is 0 Å². The third-order valence-corrected chi connectivity index (χ3v) is 1.68. The molecular weight excluding hydrogens is 196 g/mol. The molecule has 0 saturated carbocycles. The SMILES string of the molecule is COc1[nH]c(CO)cc(=O)c1C(F)F. The first-order valence-electron chi connectivity index (χ1n) is 3.79. The summed E-state index contributed by atoms with van der Waals surface area (Å²) in [5.74, 6) is -0.309. The van der Waals surface area contributed by atoms with Gasteiger partial charge in [-0.2, -0.15) is 0 Å². The summed E-state index contributed by atoms with van der Waals surface area (Å²) in [6.07, 6.45) is -2.90. The summed E-state index contributed by atoms with van der Waals surface area (Å²) >= 11 is 0. The van der Waals surface area contributed by atoms with Crippen LogP contribution in [0.3, 0.4) is 0 Å². The Kier molecular flexibility index (Phi) is 3.19. The highest BCUT2D eigenvalue weighted by molar-refractivity contribution is 5.29. The van der Waals surface area contributed by atoms with E-state index < -0.39 is 24.0 Å². The number of aromatic amines is 1. The number of aromatic nitrogens is 1. The molecule has 0 saturated heterocycles. The van der Waals surface area contributed by atoms with Gasteiger partial charge < -0.3 is 14.8 Å². The first-order chi connectivity index (χ1) is 6.60. The lowest BCUT2D eigenvalue weighted by atomic mass is 10.2. The fourth-order valence-corrected chi connectivity index (χ4v) is 1.05. The van der Waals surface area contributed by atoms with Crippen LogP contribution < -0.4 is 10.2 Å². The highest BCUT2D eigenvalue weighted by atomic mass is 19.3. The number of H-pyrrole nitrogens is 1. The molecule has 2 N–H and O–H groups in total. The molecule has 14 heavy (non-hydrogen) atoms. The molecule has 0 atom stereocenters. The number of methoxy groups -OCH3 is 1. The van der Waals surface area contributed by atoms with E-state index in [1.807, 2.05) is 0 Å². The van der Waals surface area contributed by atoms with Crippen molar-refractivity contribution in [2.24, 2.45) is 0 Å². The molecule has 0 aliphatic rings. The summed E-state index contributed by atoms with van der Waals surface area (Å²) < 4.78 is 29.3. The quantitative estimate of drug-likeness (QED) is 0.767. The molecule has 1 rings (SSSR count). The molecule has 1 heterocycles. The minimum Gasteiger partial charge on any atom is -0.482 e. The average molecular weight is 205 g/mol. The molecule has 0 aliphatic heterocycles. The summed E-state index contributed by atoms with van der Waals surface area (Å²) in [5.41, 5.74) is -1.43. The van der Waals surface area contributed by atoms with E-state index in [2.05, 4.69) is 9.72 Å². The van der Waals surface area contributed by atoms with Crippen LogP contribution in [0.1, 0.15) is 17.7 Å². The number of nitrogens with one attached hydrogen (secondary N) is 1. The third-order valence-electron chi connectivity index (χ3n) is 1.68. The molecule has 1 aromatic heterocycles. The van der Waals surface area contributed by atoms with E-state index in [4.69, 9.17) is 5.11 Å². The monoisotopic (exact) mass is 205 g/mol. The molecule has 78 valence electrons. The van der Waals surface area contributed by atoms with Crippen molar-refractivity contribution in [1.29, 1.82) is 0 Å². The minimum absolute atomic E-state index is 0.135. The van der Waals surface area contributed by atoms with Crippen LogP contribution in [0.2, 0.25) is 0 Å². The second-order valence-electron chi connectivity index (χ2n) is 2.56. The predicted molar refractivity (Wildman–Crippen MR) is 44.5 cm³/mol. The van der Waals surface area contributed by atoms with Crippen molar-refractivity contribution in [3.63, 3.8) is 0 Å². The van der Waals surface area contributed by atoms with Crippen molar-refractivity contribution in [2.75, 3.05) is 7.11 Å². The fraction of sp³-hybridized carbons (Fsp3) is 0.375. The van der Waals surface area contributed by atoms with Crippen molar-refractivity contribution in [3.05, 3.63) is 27.5 Å². The smallest absolute Gasteiger partial charge is 0.272 e. The molecule has 0 bridgehead atoms. The zero-order valence-electron chi connectivity index (χ0n) is 7.38. The number of aliphatic hydroxyl groups is 1. The summed E-state index contributed by atoms with van der Waals surface area (Å²) in [4.78, 5) is 13.5. The van der Waals surface area contributed by atoms with Crippen LogP contribution in [-0.4, -0.2) is 17.2 Å². The molecule has 0 unspecified atom stereocenters. The zero-order chi connectivity index (χ0) is 10.7. The molecule has 0 spiro atoms. The first-order valence-corrected chi connectivity index (χ1v) is 3.79. The van der Waals surface area contributed by atoms with Gasteiger partial charge in [-0.3, -0.25) is 4.79 Å². The van der Waals surface area contributed by atoms with Crippen molar-refractivity contribution >= 4 is 0 Å². The summed E-state index contributed by atoms with van der Waals surface area (Å²) in [6.45, 7) is -0.435. The fourth-order valence-electron chi connectivity index (χ4n) is 1.05. The van der Waals surface area contributed by atoms with Gasteiger partial charge in [0, 0.05) is 11.8 Å². The molecule has 0 aliphatic carbocycles. The van der Waals surface area contributed by atoms with Crippen molar-refractivity contribution < 1.29 is 18.6 Å². The van der Waals surface area contributed by atoms with Crippen molar-refractivity contribution in [1.82, 2.24) is 4.98 Å². The Morgan fingerprint density at radius 2 is 2.29 bits per heavy atom. The van der Waals surface area contributed by atoms with Gasteiger partial charge in [-0.1, -0.05) is 0 Å². The summed E-state index contributed by atoms with van der Waals surface area (Å²) in [5, 5.41) is 8.70. The lowest BCUT2D eigenvalue weighted by molar-refractivity contribution is 0.144. The van der Waals surface area contributed by atoms with Gasteiger partial charge in [-0.15, -0.1) is 0 Å². The molecular formula is C8H9F2NO3. The lowest BCUT2D eigenvalue weighted by Gasteiger charge is -2.08. The second kappa shape index (κ2) is 4.19. The van der Waals surface area contributed by atoms with Crippen LogP contribution in [0, 0.1) is 0 Å². The Balaban J connectivity index is 3.35. The lowest BCUT2D eigenvalue weighted by Crippen LogP contribution is -2.13. The number of rotatable bonds is 3. The number of halogens is 2. The van der Waals surface area contributed by atoms with Gasteiger partial charge >= 0.3 is 0 Å². The van der Waals surface area contributed by atoms with E-state index in [9.17, 15) is 13.6 Å². The van der Waals surface area contributed by atoms with Gasteiger partial charge in [0.15, 0.2) is 5.43 Å². The van der Waals surface area contributed by atoms with E-state index >= 15 is 0 Å². The molecule has 0 amide bonds. The maximum absolute atomic E-state index is 12.3. The topological polar surface area (TPSA) is 62.3 Å². The summed E-state index contributed by atoms with van der Waals surface area (Å²) in [7, 11) is 1.16. The minimum atomic E-state index is -2.90. The van der Waals surface area contributed by atoms with Crippen LogP contribution in [0.4, 0.5) is 8.78 Å². The summed E-state index contributed by atoms with van der Waals surface area (Å²) in [6, 6.07) is 0.921. The molecule has 6 heteroatoms. The number of ether oxygens (including phenoxy) is 1. The predicted octanol–water partition coefficient (Wildman–Crippen LogP) is 0.813. The maximum Gasteiger partial charge on any atom is 0.272 e. The highest BCUT2D eigenvalue weighted by Gasteiger charge is 2.19.